The van der Waals surface area contributed by atoms with E-state index in [2.05, 4.69) is 0 Å². The summed E-state index contributed by atoms with van der Waals surface area (Å²) in [6, 6.07) is 9.36. The lowest BCUT2D eigenvalue weighted by Crippen LogP contribution is -2.50. The Hall–Kier alpha value is -1.48. The first-order chi connectivity index (χ1) is 12.9. The van der Waals surface area contributed by atoms with Crippen LogP contribution >= 0.6 is 22.9 Å². The molecule has 0 N–H and O–H groups in total. The lowest BCUT2D eigenvalue weighted by atomic mass is 10.1. The van der Waals surface area contributed by atoms with E-state index in [0.29, 0.717) is 17.4 Å². The number of carbonyl (C=O) groups is 1. The van der Waals surface area contributed by atoms with Crippen LogP contribution in [0.15, 0.2) is 40.6 Å². The van der Waals surface area contributed by atoms with Crippen molar-refractivity contribution in [1.82, 2.24) is 9.21 Å². The molecule has 1 aliphatic carbocycles. The zero-order chi connectivity index (χ0) is 19.2. The van der Waals surface area contributed by atoms with Crippen molar-refractivity contribution in [3.8, 4) is 0 Å². The number of hydrogen-bond acceptors (Lipinski definition) is 4. The van der Waals surface area contributed by atoms with Gasteiger partial charge < -0.3 is 4.90 Å². The average molecular weight is 429 g/mol. The largest absolute Gasteiger partial charge is 0.340 e. The van der Waals surface area contributed by atoms with Crippen LogP contribution in [0.2, 0.25) is 4.34 Å². The average Bonchev–Trinajstić information content (AvgIpc) is 3.34. The van der Waals surface area contributed by atoms with Gasteiger partial charge in [0, 0.05) is 32.1 Å². The number of nitrogens with zero attached hydrogens (tertiary/aromatic N) is 2. The van der Waals surface area contributed by atoms with Gasteiger partial charge in [0.05, 0.1) is 4.34 Å². The van der Waals surface area contributed by atoms with Gasteiger partial charge >= 0.3 is 0 Å². The first-order valence-electron chi connectivity index (χ1n) is 8.66. The zero-order valence-corrected chi connectivity index (χ0v) is 16.7. The Morgan fingerprint density at radius 2 is 1.74 bits per heavy atom. The number of carbonyl (C=O) groups excluding carboxylic acids is 1. The van der Waals surface area contributed by atoms with Crippen LogP contribution < -0.4 is 0 Å². The summed E-state index contributed by atoms with van der Waals surface area (Å²) in [6.45, 7) is 1.31. The highest BCUT2D eigenvalue weighted by atomic mass is 35.5. The molecule has 2 fully saturated rings. The van der Waals surface area contributed by atoms with Crippen LogP contribution in [0.5, 0.6) is 0 Å². The van der Waals surface area contributed by atoms with E-state index in [-0.39, 0.29) is 40.9 Å². The van der Waals surface area contributed by atoms with Crippen molar-refractivity contribution in [3.63, 3.8) is 0 Å². The molecular weight excluding hydrogens is 411 g/mol. The third-order valence-corrected chi connectivity index (χ3v) is 8.70. The predicted octanol–water partition coefficient (Wildman–Crippen LogP) is 3.18. The first kappa shape index (κ1) is 18.9. The molecule has 1 saturated heterocycles. The van der Waals surface area contributed by atoms with E-state index in [4.69, 9.17) is 11.6 Å². The Morgan fingerprint density at radius 3 is 2.33 bits per heavy atom. The Morgan fingerprint density at radius 1 is 1.07 bits per heavy atom. The summed E-state index contributed by atoms with van der Waals surface area (Å²) < 4.78 is 40.4. The normalized spacial score (nSPS) is 23.4. The summed E-state index contributed by atoms with van der Waals surface area (Å²) in [6.07, 6.45) is 0.761. The third-order valence-electron chi connectivity index (χ3n) is 5.10. The molecule has 5 nitrogen and oxygen atoms in total. The molecule has 9 heteroatoms. The predicted molar refractivity (Wildman–Crippen MR) is 102 cm³/mol. The van der Waals surface area contributed by atoms with Crippen LogP contribution in [0.4, 0.5) is 4.39 Å². The molecule has 2 aliphatic rings. The molecule has 27 heavy (non-hydrogen) atoms. The zero-order valence-electron chi connectivity index (χ0n) is 14.3. The molecule has 2 heterocycles. The van der Waals surface area contributed by atoms with E-state index in [0.717, 1.165) is 23.3 Å². The van der Waals surface area contributed by atoms with E-state index in [9.17, 15) is 17.6 Å². The number of benzene rings is 1. The Labute approximate surface area is 166 Å². The molecule has 2 unspecified atom stereocenters. The second-order valence-electron chi connectivity index (χ2n) is 6.79. The van der Waals surface area contributed by atoms with Crippen molar-refractivity contribution in [2.45, 2.75) is 16.5 Å². The number of thiophene rings is 1. The van der Waals surface area contributed by atoms with Gasteiger partial charge in [-0.2, -0.15) is 4.31 Å². The fourth-order valence-electron chi connectivity index (χ4n) is 3.49. The Bertz CT molecular complexity index is 953. The van der Waals surface area contributed by atoms with Gasteiger partial charge in [-0.1, -0.05) is 23.7 Å². The highest BCUT2D eigenvalue weighted by Crippen LogP contribution is 2.48. The van der Waals surface area contributed by atoms with Crippen LogP contribution in [0.1, 0.15) is 17.9 Å². The van der Waals surface area contributed by atoms with Crippen molar-refractivity contribution in [2.24, 2.45) is 5.92 Å². The summed E-state index contributed by atoms with van der Waals surface area (Å²) in [5.41, 5.74) is 0.977. The van der Waals surface area contributed by atoms with Crippen molar-refractivity contribution in [2.75, 3.05) is 26.2 Å². The minimum Gasteiger partial charge on any atom is -0.340 e. The van der Waals surface area contributed by atoms with Gasteiger partial charge in [-0.3, -0.25) is 4.79 Å². The molecule has 1 saturated carbocycles. The van der Waals surface area contributed by atoms with Gasteiger partial charge in [-0.25, -0.2) is 12.8 Å². The van der Waals surface area contributed by atoms with Crippen LogP contribution in [0, 0.1) is 11.7 Å². The van der Waals surface area contributed by atoms with Crippen LogP contribution in [-0.2, 0) is 14.8 Å². The summed E-state index contributed by atoms with van der Waals surface area (Å²) in [4.78, 5) is 14.4. The second kappa shape index (κ2) is 7.16. The highest BCUT2D eigenvalue weighted by Gasteiger charge is 2.46. The molecule has 1 aliphatic heterocycles. The van der Waals surface area contributed by atoms with Crippen molar-refractivity contribution in [3.05, 3.63) is 52.1 Å². The van der Waals surface area contributed by atoms with Gasteiger partial charge in [0.1, 0.15) is 10.0 Å². The van der Waals surface area contributed by atoms with Gasteiger partial charge in [0.25, 0.3) is 10.0 Å². The van der Waals surface area contributed by atoms with Crippen molar-refractivity contribution in [1.29, 1.82) is 0 Å². The maximum atomic E-state index is 13.0. The number of piperazine rings is 1. The number of halogens is 2. The first-order valence-corrected chi connectivity index (χ1v) is 11.3. The molecule has 0 bridgehead atoms. The smallest absolute Gasteiger partial charge is 0.252 e. The number of rotatable bonds is 4. The van der Waals surface area contributed by atoms with Gasteiger partial charge in [0.15, 0.2) is 0 Å². The SMILES string of the molecule is O=C(C1CC1c1ccc(F)cc1)N1CCN(S(=O)(=O)c2ccc(Cl)s2)CC1. The Balaban J connectivity index is 1.36. The standard InChI is InChI=1S/C18H18ClFN2O3S2/c19-16-5-6-17(26-16)27(24,25)22-9-7-21(8-10-22)18(23)15-11-14(15)12-1-3-13(20)4-2-12/h1-6,14-15H,7-11H2. The molecule has 144 valence electrons. The fourth-order valence-corrected chi connectivity index (χ4v) is 6.55. The minimum atomic E-state index is -3.56. The van der Waals surface area contributed by atoms with E-state index < -0.39 is 10.0 Å². The number of amides is 1. The molecule has 0 spiro atoms. The lowest BCUT2D eigenvalue weighted by Gasteiger charge is -2.34. The number of hydrogen-bond donors (Lipinski definition) is 0. The third kappa shape index (κ3) is 3.76. The van der Waals surface area contributed by atoms with Gasteiger partial charge in [-0.05, 0) is 42.2 Å². The molecule has 2 atom stereocenters. The molecule has 1 aromatic heterocycles. The molecule has 1 aromatic carbocycles. The molecule has 4 rings (SSSR count). The van der Waals surface area contributed by atoms with Crippen LogP contribution in [-0.4, -0.2) is 49.7 Å². The lowest BCUT2D eigenvalue weighted by molar-refractivity contribution is -0.133. The summed E-state index contributed by atoms with van der Waals surface area (Å²) in [7, 11) is -3.56. The fraction of sp³-hybridized carbons (Fsp3) is 0.389. The van der Waals surface area contributed by atoms with Crippen LogP contribution in [0.25, 0.3) is 0 Å². The van der Waals surface area contributed by atoms with E-state index in [1.165, 1.54) is 22.5 Å². The molecule has 2 aromatic rings. The topological polar surface area (TPSA) is 57.7 Å². The quantitative estimate of drug-likeness (QED) is 0.751. The second-order valence-corrected chi connectivity index (χ2v) is 10.7. The minimum absolute atomic E-state index is 0.0561. The van der Waals surface area contributed by atoms with Gasteiger partial charge in [0.2, 0.25) is 5.91 Å². The maximum absolute atomic E-state index is 13.0. The molecular formula is C18H18ClFN2O3S2. The molecule has 0 radical (unpaired) electrons. The van der Waals surface area contributed by atoms with Crippen LogP contribution in [0.3, 0.4) is 0 Å². The maximum Gasteiger partial charge on any atom is 0.252 e. The highest BCUT2D eigenvalue weighted by molar-refractivity contribution is 7.91. The van der Waals surface area contributed by atoms with Gasteiger partial charge in [-0.15, -0.1) is 11.3 Å². The van der Waals surface area contributed by atoms with E-state index in [1.807, 2.05) is 0 Å². The van der Waals surface area contributed by atoms with Crippen molar-refractivity contribution < 1.29 is 17.6 Å². The summed E-state index contributed by atoms with van der Waals surface area (Å²) in [5.74, 6) is -0.185. The Kier molecular flexibility index (Phi) is 5.00. The van der Waals surface area contributed by atoms with Crippen molar-refractivity contribution >= 4 is 38.9 Å². The molecule has 1 amide bonds. The summed E-state index contributed by atoms with van der Waals surface area (Å²) in [5, 5.41) is 0. The summed E-state index contributed by atoms with van der Waals surface area (Å²) >= 11 is 6.88. The monoisotopic (exact) mass is 428 g/mol. The number of sulfonamides is 1. The van der Waals surface area contributed by atoms with E-state index >= 15 is 0 Å². The van der Waals surface area contributed by atoms with E-state index in [1.54, 1.807) is 23.1 Å².